The van der Waals surface area contributed by atoms with Crippen LogP contribution in [0, 0.1) is 0 Å². The van der Waals surface area contributed by atoms with Crippen molar-refractivity contribution in [3.8, 4) is 17.1 Å². The SMILES string of the molecule is CCc1cc(Cl)nc(-c2ccc(OC(F)(F)F)cc2)n1. The second-order valence-electron chi connectivity index (χ2n) is 3.93. The molecule has 0 saturated heterocycles. The number of nitrogens with zero attached hydrogens (tertiary/aromatic N) is 2. The molecule has 0 N–H and O–H groups in total. The molecule has 0 fully saturated rings. The molecule has 0 aliphatic heterocycles. The van der Waals surface area contributed by atoms with Gasteiger partial charge in [-0.2, -0.15) is 0 Å². The molecular weight excluding hydrogens is 293 g/mol. The Morgan fingerprint density at radius 3 is 2.35 bits per heavy atom. The Bertz CT molecular complexity index is 600. The second-order valence-corrected chi connectivity index (χ2v) is 4.32. The fourth-order valence-corrected chi connectivity index (χ4v) is 1.79. The standard InChI is InChI=1S/C13H10ClF3N2O/c1-2-9-7-11(14)19-12(18-9)8-3-5-10(6-4-8)20-13(15,16)17/h3-7H,2H2,1H3. The molecule has 1 aromatic carbocycles. The summed E-state index contributed by atoms with van der Waals surface area (Å²) in [5.41, 5.74) is 1.33. The molecule has 1 aromatic heterocycles. The van der Waals surface area contributed by atoms with Gasteiger partial charge in [0.15, 0.2) is 5.82 Å². The minimum Gasteiger partial charge on any atom is -0.406 e. The molecule has 106 valence electrons. The van der Waals surface area contributed by atoms with Gasteiger partial charge < -0.3 is 4.74 Å². The molecule has 0 aliphatic carbocycles. The quantitative estimate of drug-likeness (QED) is 0.795. The highest BCUT2D eigenvalue weighted by atomic mass is 35.5. The molecule has 3 nitrogen and oxygen atoms in total. The topological polar surface area (TPSA) is 35.0 Å². The van der Waals surface area contributed by atoms with Crippen LogP contribution in [0.4, 0.5) is 13.2 Å². The Morgan fingerprint density at radius 2 is 1.80 bits per heavy atom. The zero-order chi connectivity index (χ0) is 14.8. The Kier molecular flexibility index (Phi) is 4.13. The van der Waals surface area contributed by atoms with E-state index in [1.807, 2.05) is 6.92 Å². The lowest BCUT2D eigenvalue weighted by Gasteiger charge is -2.09. The van der Waals surface area contributed by atoms with Crippen molar-refractivity contribution in [1.29, 1.82) is 0 Å². The van der Waals surface area contributed by atoms with Crippen molar-refractivity contribution in [3.63, 3.8) is 0 Å². The molecule has 2 rings (SSSR count). The van der Waals surface area contributed by atoms with Crippen LogP contribution in [0.15, 0.2) is 30.3 Å². The smallest absolute Gasteiger partial charge is 0.406 e. The zero-order valence-electron chi connectivity index (χ0n) is 10.4. The highest BCUT2D eigenvalue weighted by Crippen LogP contribution is 2.25. The Morgan fingerprint density at radius 1 is 1.15 bits per heavy atom. The first-order valence-electron chi connectivity index (χ1n) is 5.77. The van der Waals surface area contributed by atoms with Gasteiger partial charge in [-0.15, -0.1) is 13.2 Å². The van der Waals surface area contributed by atoms with E-state index in [4.69, 9.17) is 11.6 Å². The first kappa shape index (κ1) is 14.6. The highest BCUT2D eigenvalue weighted by molar-refractivity contribution is 6.29. The van der Waals surface area contributed by atoms with E-state index in [0.717, 1.165) is 5.69 Å². The van der Waals surface area contributed by atoms with Crippen molar-refractivity contribution < 1.29 is 17.9 Å². The van der Waals surface area contributed by atoms with E-state index < -0.39 is 6.36 Å². The molecule has 7 heteroatoms. The van der Waals surface area contributed by atoms with Gasteiger partial charge in [-0.3, -0.25) is 0 Å². The van der Waals surface area contributed by atoms with Gasteiger partial charge in [-0.05, 0) is 36.8 Å². The summed E-state index contributed by atoms with van der Waals surface area (Å²) in [6.07, 6.45) is -4.02. The molecule has 0 spiro atoms. The van der Waals surface area contributed by atoms with Crippen molar-refractivity contribution in [1.82, 2.24) is 9.97 Å². The molecule has 2 aromatic rings. The molecular formula is C13H10ClF3N2O. The fraction of sp³-hybridized carbons (Fsp3) is 0.231. The van der Waals surface area contributed by atoms with Crippen molar-refractivity contribution >= 4 is 11.6 Å². The van der Waals surface area contributed by atoms with E-state index in [9.17, 15) is 13.2 Å². The van der Waals surface area contributed by atoms with Crippen molar-refractivity contribution in [2.75, 3.05) is 0 Å². The van der Waals surface area contributed by atoms with Gasteiger partial charge in [-0.25, -0.2) is 9.97 Å². The summed E-state index contributed by atoms with van der Waals surface area (Å²) >= 11 is 5.87. The third kappa shape index (κ3) is 3.84. The molecule has 0 amide bonds. The van der Waals surface area contributed by atoms with Gasteiger partial charge >= 0.3 is 6.36 Å². The van der Waals surface area contributed by atoms with E-state index in [1.165, 1.54) is 24.3 Å². The third-order valence-corrected chi connectivity index (χ3v) is 2.65. The van der Waals surface area contributed by atoms with E-state index >= 15 is 0 Å². The molecule has 20 heavy (non-hydrogen) atoms. The summed E-state index contributed by atoms with van der Waals surface area (Å²) in [6, 6.07) is 6.96. The van der Waals surface area contributed by atoms with Crippen LogP contribution in [0.2, 0.25) is 5.15 Å². The minimum absolute atomic E-state index is 0.293. The minimum atomic E-state index is -4.70. The number of hydrogen-bond acceptors (Lipinski definition) is 3. The van der Waals surface area contributed by atoms with Crippen molar-refractivity contribution in [3.05, 3.63) is 41.2 Å². The van der Waals surface area contributed by atoms with E-state index in [0.29, 0.717) is 23.0 Å². The predicted molar refractivity (Wildman–Crippen MR) is 68.5 cm³/mol. The summed E-state index contributed by atoms with van der Waals surface area (Å²) in [5, 5.41) is 0.294. The van der Waals surface area contributed by atoms with Crippen LogP contribution in [0.3, 0.4) is 0 Å². The molecule has 0 aliphatic rings. The average molecular weight is 303 g/mol. The van der Waals surface area contributed by atoms with Crippen LogP contribution in [-0.2, 0) is 6.42 Å². The maximum absolute atomic E-state index is 12.1. The number of hydrogen-bond donors (Lipinski definition) is 0. The number of halogens is 4. The van der Waals surface area contributed by atoms with Crippen LogP contribution in [0.1, 0.15) is 12.6 Å². The van der Waals surface area contributed by atoms with Crippen LogP contribution >= 0.6 is 11.6 Å². The van der Waals surface area contributed by atoms with Gasteiger partial charge in [0, 0.05) is 11.3 Å². The monoisotopic (exact) mass is 302 g/mol. The lowest BCUT2D eigenvalue weighted by Crippen LogP contribution is -2.16. The zero-order valence-corrected chi connectivity index (χ0v) is 11.2. The summed E-state index contributed by atoms with van der Waals surface area (Å²) in [4.78, 5) is 8.32. The van der Waals surface area contributed by atoms with Gasteiger partial charge in [0.25, 0.3) is 0 Å². The number of benzene rings is 1. The Labute approximate surface area is 118 Å². The summed E-state index contributed by atoms with van der Waals surface area (Å²) < 4.78 is 40.0. The maximum atomic E-state index is 12.1. The molecule has 0 radical (unpaired) electrons. The van der Waals surface area contributed by atoms with Gasteiger partial charge in [0.2, 0.25) is 0 Å². The normalized spacial score (nSPS) is 11.4. The van der Waals surface area contributed by atoms with E-state index in [1.54, 1.807) is 6.07 Å². The number of aromatic nitrogens is 2. The van der Waals surface area contributed by atoms with Crippen LogP contribution in [0.5, 0.6) is 5.75 Å². The Hall–Kier alpha value is -1.82. The molecule has 0 saturated carbocycles. The average Bonchev–Trinajstić information content (AvgIpc) is 2.37. The number of aryl methyl sites for hydroxylation is 1. The third-order valence-electron chi connectivity index (χ3n) is 2.46. The predicted octanol–water partition coefficient (Wildman–Crippen LogP) is 4.26. The Balaban J connectivity index is 2.28. The van der Waals surface area contributed by atoms with Crippen LogP contribution in [-0.4, -0.2) is 16.3 Å². The lowest BCUT2D eigenvalue weighted by molar-refractivity contribution is -0.274. The molecule has 1 heterocycles. The second kappa shape index (κ2) is 5.66. The van der Waals surface area contributed by atoms with Gasteiger partial charge in [0.05, 0.1) is 0 Å². The number of alkyl halides is 3. The summed E-state index contributed by atoms with van der Waals surface area (Å²) in [5.74, 6) is 0.0758. The highest BCUT2D eigenvalue weighted by Gasteiger charge is 2.30. The van der Waals surface area contributed by atoms with Crippen molar-refractivity contribution in [2.24, 2.45) is 0 Å². The first-order valence-corrected chi connectivity index (χ1v) is 6.15. The maximum Gasteiger partial charge on any atom is 0.573 e. The van der Waals surface area contributed by atoms with Crippen LogP contribution in [0.25, 0.3) is 11.4 Å². The van der Waals surface area contributed by atoms with Gasteiger partial charge in [-0.1, -0.05) is 18.5 Å². The van der Waals surface area contributed by atoms with Gasteiger partial charge in [0.1, 0.15) is 10.9 Å². The first-order chi connectivity index (χ1) is 9.37. The summed E-state index contributed by atoms with van der Waals surface area (Å²) in [6.45, 7) is 1.92. The molecule has 0 atom stereocenters. The molecule has 0 bridgehead atoms. The number of ether oxygens (including phenoxy) is 1. The fourth-order valence-electron chi connectivity index (χ4n) is 1.58. The van der Waals surface area contributed by atoms with Crippen molar-refractivity contribution in [2.45, 2.75) is 19.7 Å². The van der Waals surface area contributed by atoms with E-state index in [2.05, 4.69) is 14.7 Å². The largest absolute Gasteiger partial charge is 0.573 e. The van der Waals surface area contributed by atoms with E-state index in [-0.39, 0.29) is 5.75 Å². The lowest BCUT2D eigenvalue weighted by atomic mass is 10.2. The van der Waals surface area contributed by atoms with Crippen LogP contribution < -0.4 is 4.74 Å². The number of rotatable bonds is 3. The molecule has 0 unspecified atom stereocenters. The summed E-state index contributed by atoms with van der Waals surface area (Å²) in [7, 11) is 0.